The van der Waals surface area contributed by atoms with Crippen LogP contribution in [-0.2, 0) is 0 Å². The number of ether oxygens (including phenoxy) is 1. The van der Waals surface area contributed by atoms with E-state index in [4.69, 9.17) is 4.74 Å². The predicted molar refractivity (Wildman–Crippen MR) is 211 cm³/mol. The topological polar surface area (TPSA) is 12.5 Å². The van der Waals surface area contributed by atoms with Gasteiger partial charge in [-0.1, -0.05) is 158 Å². The number of allylic oxidation sites excluding steroid dienone is 15. The van der Waals surface area contributed by atoms with Crippen LogP contribution in [0.2, 0.25) is 5.82 Å². The fourth-order valence-electron chi connectivity index (χ4n) is 8.21. The van der Waals surface area contributed by atoms with Crippen LogP contribution in [0.1, 0.15) is 24.5 Å². The molecule has 0 radical (unpaired) electrons. The maximum absolute atomic E-state index is 6.92. The molecule has 0 spiro atoms. The molecule has 2 nitrogen and oxygen atoms in total. The quantitative estimate of drug-likeness (QED) is 0.153. The lowest BCUT2D eigenvalue weighted by atomic mass is 9.31. The standard InChI is InChI=1S/C47H36BNO/c1-3-13-36(14-4-2)47-45(35-17-9-6-10-18-35)38-19-11-20-41-43(30-38)49(47)42-21-12-22-44-46(42)48(41)39-28-27-37(29-40(31-39)50-44)34-25-23-33(24-26-34)32-15-7-5-8-16-32/h3-29,31,39H,1,30H2,2H3/b14-4-,36-13+. The third-order valence-electron chi connectivity index (χ3n) is 10.3. The molecule has 5 aliphatic rings. The second kappa shape index (κ2) is 12.4. The summed E-state index contributed by atoms with van der Waals surface area (Å²) in [5, 5.41) is 0. The zero-order chi connectivity index (χ0) is 33.6. The molecule has 1 atom stereocenters. The van der Waals surface area contributed by atoms with Crippen LogP contribution < -0.4 is 15.1 Å². The Labute approximate surface area is 295 Å². The summed E-state index contributed by atoms with van der Waals surface area (Å²) in [5.74, 6) is 1.91. The van der Waals surface area contributed by atoms with E-state index < -0.39 is 0 Å². The summed E-state index contributed by atoms with van der Waals surface area (Å²) in [6.45, 7) is 6.30. The number of benzene rings is 4. The van der Waals surface area contributed by atoms with Crippen LogP contribution in [-0.4, -0.2) is 6.71 Å². The van der Waals surface area contributed by atoms with Crippen LogP contribution in [0.15, 0.2) is 210 Å². The minimum absolute atomic E-state index is 0.103. The lowest BCUT2D eigenvalue weighted by Gasteiger charge is -2.44. The average molecular weight is 642 g/mol. The van der Waals surface area contributed by atoms with Crippen molar-refractivity contribution in [3.63, 3.8) is 0 Å². The summed E-state index contributed by atoms with van der Waals surface area (Å²) in [5.41, 5.74) is 15.9. The first-order valence-corrected chi connectivity index (χ1v) is 17.5. The van der Waals surface area contributed by atoms with Crippen LogP contribution in [0.3, 0.4) is 0 Å². The number of anilines is 1. The Hall–Kier alpha value is -6.06. The van der Waals surface area contributed by atoms with Crippen molar-refractivity contribution in [1.82, 2.24) is 0 Å². The first kappa shape index (κ1) is 30.0. The van der Waals surface area contributed by atoms with Crippen molar-refractivity contribution >= 4 is 29.0 Å². The summed E-state index contributed by atoms with van der Waals surface area (Å²) in [6.07, 6.45) is 25.3. The molecule has 3 aliphatic heterocycles. The van der Waals surface area contributed by atoms with Crippen molar-refractivity contribution in [3.8, 4) is 16.9 Å². The molecule has 9 rings (SSSR count). The molecular weight excluding hydrogens is 605 g/mol. The molecule has 4 aromatic carbocycles. The number of hydrogen-bond acceptors (Lipinski definition) is 2. The highest BCUT2D eigenvalue weighted by Gasteiger charge is 2.45. The largest absolute Gasteiger partial charge is 0.458 e. The number of hydrogen-bond donors (Lipinski definition) is 0. The minimum atomic E-state index is 0.103. The van der Waals surface area contributed by atoms with Crippen molar-refractivity contribution in [2.45, 2.75) is 19.2 Å². The van der Waals surface area contributed by atoms with Gasteiger partial charge in [0.2, 0.25) is 6.71 Å². The van der Waals surface area contributed by atoms with Gasteiger partial charge in [0.1, 0.15) is 11.5 Å². The highest BCUT2D eigenvalue weighted by Crippen LogP contribution is 2.51. The Balaban J connectivity index is 1.20. The van der Waals surface area contributed by atoms with E-state index in [-0.39, 0.29) is 12.5 Å². The number of nitrogens with zero attached hydrogens (tertiary/aromatic N) is 1. The maximum atomic E-state index is 6.92. The predicted octanol–water partition coefficient (Wildman–Crippen LogP) is 11.0. The van der Waals surface area contributed by atoms with Gasteiger partial charge in [-0.15, -0.1) is 0 Å². The highest BCUT2D eigenvalue weighted by molar-refractivity contribution is 6.85. The van der Waals surface area contributed by atoms with Gasteiger partial charge in [0.05, 0.1) is 5.70 Å². The Morgan fingerprint density at radius 3 is 2.34 bits per heavy atom. The summed E-state index contributed by atoms with van der Waals surface area (Å²) in [4.78, 5) is 2.52. The van der Waals surface area contributed by atoms with Gasteiger partial charge >= 0.3 is 0 Å². The fraction of sp³-hybridized carbons (Fsp3) is 0.0638. The third-order valence-corrected chi connectivity index (χ3v) is 10.3. The van der Waals surface area contributed by atoms with Crippen LogP contribution in [0.5, 0.6) is 5.75 Å². The molecule has 3 heterocycles. The molecule has 0 aromatic heterocycles. The molecule has 3 heteroatoms. The minimum Gasteiger partial charge on any atom is -0.458 e. The number of rotatable bonds is 6. The normalized spacial score (nSPS) is 18.9. The van der Waals surface area contributed by atoms with E-state index in [1.807, 2.05) is 6.08 Å². The molecule has 4 bridgehead atoms. The summed E-state index contributed by atoms with van der Waals surface area (Å²) in [6, 6.07) is 36.8. The fourth-order valence-corrected chi connectivity index (χ4v) is 8.21. The average Bonchev–Trinajstić information content (AvgIpc) is 3.56. The van der Waals surface area contributed by atoms with Crippen LogP contribution >= 0.6 is 0 Å². The Morgan fingerprint density at radius 1 is 0.840 bits per heavy atom. The first-order chi connectivity index (χ1) is 24.7. The Morgan fingerprint density at radius 2 is 1.58 bits per heavy atom. The van der Waals surface area contributed by atoms with Gasteiger partial charge in [-0.25, -0.2) is 0 Å². The molecule has 4 aromatic rings. The summed E-state index contributed by atoms with van der Waals surface area (Å²) < 4.78 is 6.92. The van der Waals surface area contributed by atoms with Crippen LogP contribution in [0, 0.1) is 0 Å². The van der Waals surface area contributed by atoms with Gasteiger partial charge < -0.3 is 9.64 Å². The van der Waals surface area contributed by atoms with Gasteiger partial charge in [-0.05, 0) is 81.5 Å². The van der Waals surface area contributed by atoms with E-state index in [1.54, 1.807) is 0 Å². The van der Waals surface area contributed by atoms with Gasteiger partial charge in [0.25, 0.3) is 0 Å². The van der Waals surface area contributed by atoms with Crippen LogP contribution in [0.4, 0.5) is 5.69 Å². The van der Waals surface area contributed by atoms with Crippen molar-refractivity contribution in [2.75, 3.05) is 4.90 Å². The lowest BCUT2D eigenvalue weighted by Crippen LogP contribution is -2.47. The molecule has 1 unspecified atom stereocenters. The Kier molecular flexibility index (Phi) is 7.47. The molecule has 0 amide bonds. The van der Waals surface area contributed by atoms with E-state index in [1.165, 1.54) is 61.4 Å². The van der Waals surface area contributed by atoms with Gasteiger partial charge in [-0.3, -0.25) is 0 Å². The molecule has 0 saturated heterocycles. The van der Waals surface area contributed by atoms with E-state index in [9.17, 15) is 0 Å². The number of fused-ring (bicyclic) bond motifs is 5. The van der Waals surface area contributed by atoms with Gasteiger partial charge in [-0.2, -0.15) is 0 Å². The molecule has 50 heavy (non-hydrogen) atoms. The molecule has 0 N–H and O–H groups in total. The highest BCUT2D eigenvalue weighted by atomic mass is 16.5. The third kappa shape index (κ3) is 4.97. The van der Waals surface area contributed by atoms with Crippen molar-refractivity contribution < 1.29 is 4.74 Å². The van der Waals surface area contributed by atoms with Gasteiger partial charge in [0.15, 0.2) is 0 Å². The zero-order valence-corrected chi connectivity index (χ0v) is 28.1. The smallest absolute Gasteiger partial charge is 0.230 e. The molecule has 238 valence electrons. The molecule has 2 aliphatic carbocycles. The van der Waals surface area contributed by atoms with Gasteiger partial charge in [0, 0.05) is 23.4 Å². The van der Waals surface area contributed by atoms with E-state index >= 15 is 0 Å². The van der Waals surface area contributed by atoms with Crippen molar-refractivity contribution in [3.05, 3.63) is 221 Å². The SMILES string of the molecule is C=C/C=C(\C=C/C)C1=C(c2ccccc2)C2=CC=CC3=C(C2)N1c1cccc2c1B3C1C=CC(c3ccc(-c4ccccc4)cc3)=CC(=C1)O2. The lowest BCUT2D eigenvalue weighted by molar-refractivity contribution is 0.448. The molecule has 0 saturated carbocycles. The van der Waals surface area contributed by atoms with Crippen molar-refractivity contribution in [2.24, 2.45) is 0 Å². The van der Waals surface area contributed by atoms with E-state index in [2.05, 4.69) is 182 Å². The zero-order valence-electron chi connectivity index (χ0n) is 28.1. The van der Waals surface area contributed by atoms with E-state index in [0.29, 0.717) is 0 Å². The first-order valence-electron chi connectivity index (χ1n) is 17.5. The maximum Gasteiger partial charge on any atom is 0.230 e. The second-order valence-corrected chi connectivity index (χ2v) is 13.2. The van der Waals surface area contributed by atoms with Crippen LogP contribution in [0.25, 0.3) is 22.3 Å². The second-order valence-electron chi connectivity index (χ2n) is 13.2. The molecule has 0 fully saturated rings. The van der Waals surface area contributed by atoms with Crippen molar-refractivity contribution in [1.29, 1.82) is 0 Å². The molecular formula is C47H36BNO. The Bertz CT molecular complexity index is 2320. The van der Waals surface area contributed by atoms with E-state index in [0.717, 1.165) is 29.1 Å². The monoisotopic (exact) mass is 641 g/mol. The summed E-state index contributed by atoms with van der Waals surface area (Å²) in [7, 11) is 0. The summed E-state index contributed by atoms with van der Waals surface area (Å²) >= 11 is 0.